The van der Waals surface area contributed by atoms with Gasteiger partial charge in [-0.25, -0.2) is 0 Å². The van der Waals surface area contributed by atoms with Crippen molar-refractivity contribution in [3.63, 3.8) is 0 Å². The zero-order chi connectivity index (χ0) is 12.0. The molecular weight excluding hydrogens is 226 g/mol. The summed E-state index contributed by atoms with van der Waals surface area (Å²) in [4.78, 5) is 0. The van der Waals surface area contributed by atoms with Crippen molar-refractivity contribution in [2.24, 2.45) is 10.8 Å². The number of nitrogens with one attached hydrogen (secondary N) is 1. The highest BCUT2D eigenvalue weighted by Crippen LogP contribution is 2.22. The van der Waals surface area contributed by atoms with Gasteiger partial charge in [-0.05, 0) is 30.4 Å². The molecule has 0 aliphatic carbocycles. The molecule has 1 aromatic carbocycles. The van der Waals surface area contributed by atoms with Crippen LogP contribution >= 0.6 is 12.2 Å². The summed E-state index contributed by atoms with van der Waals surface area (Å²) in [6.07, 6.45) is 1.56. The molecule has 0 atom stereocenters. The van der Waals surface area contributed by atoms with Gasteiger partial charge in [-0.1, -0.05) is 0 Å². The van der Waals surface area contributed by atoms with Crippen LogP contribution in [0.4, 0.5) is 0 Å². The average Bonchev–Trinajstić information content (AvgIpc) is 2.28. The Hall–Kier alpha value is -1.82. The third kappa shape index (κ3) is 3.39. The summed E-state index contributed by atoms with van der Waals surface area (Å²) in [7, 11) is 3.18. The van der Waals surface area contributed by atoms with Gasteiger partial charge < -0.3 is 15.2 Å². The minimum absolute atomic E-state index is 0.109. The molecule has 0 aromatic heterocycles. The Labute approximate surface area is 99.2 Å². The third-order valence-corrected chi connectivity index (χ3v) is 1.91. The van der Waals surface area contributed by atoms with Gasteiger partial charge in [0.25, 0.3) is 0 Å². The van der Waals surface area contributed by atoms with Crippen molar-refractivity contribution >= 4 is 23.5 Å². The molecule has 1 rings (SSSR count). The number of hydrogen-bond donors (Lipinski definition) is 2. The lowest BCUT2D eigenvalue weighted by molar-refractivity contribution is 0.402. The second kappa shape index (κ2) is 5.92. The van der Waals surface area contributed by atoms with Gasteiger partial charge in [-0.2, -0.15) is 5.10 Å². The second-order valence-corrected chi connectivity index (χ2v) is 3.28. The highest BCUT2D eigenvalue weighted by atomic mass is 32.1. The third-order valence-electron chi connectivity index (χ3n) is 1.82. The second-order valence-electron chi connectivity index (χ2n) is 2.84. The molecule has 0 aliphatic heterocycles. The molecule has 5 nitrogen and oxygen atoms in total. The molecule has 86 valence electrons. The topological polar surface area (TPSA) is 68.9 Å². The van der Waals surface area contributed by atoms with Crippen molar-refractivity contribution in [2.45, 2.75) is 0 Å². The van der Waals surface area contributed by atoms with E-state index >= 15 is 0 Å². The molecule has 0 aliphatic rings. The number of rotatable bonds is 4. The maximum Gasteiger partial charge on any atom is 0.184 e. The van der Waals surface area contributed by atoms with Crippen molar-refractivity contribution in [1.29, 1.82) is 0 Å². The average molecular weight is 239 g/mol. The lowest BCUT2D eigenvalue weighted by Crippen LogP contribution is -2.24. The molecular formula is C10H13N3O2S. The van der Waals surface area contributed by atoms with E-state index in [2.05, 4.69) is 22.7 Å². The number of hydrazone groups is 1. The molecule has 0 saturated carbocycles. The van der Waals surface area contributed by atoms with Gasteiger partial charge in [-0.15, -0.1) is 0 Å². The van der Waals surface area contributed by atoms with Crippen molar-refractivity contribution in [3.8, 4) is 11.5 Å². The molecule has 0 bridgehead atoms. The Morgan fingerprint density at radius 3 is 2.75 bits per heavy atom. The van der Waals surface area contributed by atoms with Crippen molar-refractivity contribution in [1.82, 2.24) is 5.43 Å². The van der Waals surface area contributed by atoms with Gasteiger partial charge >= 0.3 is 0 Å². The molecule has 0 unspecified atom stereocenters. The van der Waals surface area contributed by atoms with E-state index in [-0.39, 0.29) is 5.11 Å². The molecule has 0 heterocycles. The number of benzene rings is 1. The van der Waals surface area contributed by atoms with E-state index < -0.39 is 0 Å². The highest BCUT2D eigenvalue weighted by molar-refractivity contribution is 7.80. The first-order valence-corrected chi connectivity index (χ1v) is 4.88. The van der Waals surface area contributed by atoms with Crippen molar-refractivity contribution in [3.05, 3.63) is 23.8 Å². The van der Waals surface area contributed by atoms with Gasteiger partial charge in [0.15, 0.2) is 5.11 Å². The number of methoxy groups -OCH3 is 2. The molecule has 16 heavy (non-hydrogen) atoms. The summed E-state index contributed by atoms with van der Waals surface area (Å²) in [5, 5.41) is 3.96. The van der Waals surface area contributed by atoms with Crippen LogP contribution in [0.25, 0.3) is 0 Å². The first-order valence-electron chi connectivity index (χ1n) is 4.48. The van der Waals surface area contributed by atoms with Crippen LogP contribution in [0.5, 0.6) is 11.5 Å². The molecule has 0 radical (unpaired) electrons. The Kier molecular flexibility index (Phi) is 4.53. The van der Waals surface area contributed by atoms with Crippen LogP contribution in [0.3, 0.4) is 0 Å². The van der Waals surface area contributed by atoms with Gasteiger partial charge in [-0.3, -0.25) is 5.43 Å². The summed E-state index contributed by atoms with van der Waals surface area (Å²) in [6, 6.07) is 5.39. The minimum atomic E-state index is 0.109. The fourth-order valence-corrected chi connectivity index (χ4v) is 1.16. The van der Waals surface area contributed by atoms with E-state index in [1.165, 1.54) is 0 Å². The number of nitrogens with two attached hydrogens (primary N) is 1. The standard InChI is InChI=1S/C10H13N3O2S/c1-14-8-3-4-9(15-2)7(5-8)6-12-13-10(11)16/h3-6H,1-2H3,(H3,11,13,16)/b12-6-. The fourth-order valence-electron chi connectivity index (χ4n) is 1.11. The largest absolute Gasteiger partial charge is 0.497 e. The van der Waals surface area contributed by atoms with Crippen LogP contribution in [-0.4, -0.2) is 25.5 Å². The molecule has 0 saturated heterocycles. The molecule has 0 amide bonds. The van der Waals surface area contributed by atoms with Gasteiger partial charge in [0.1, 0.15) is 11.5 Å². The lowest BCUT2D eigenvalue weighted by atomic mass is 10.2. The SMILES string of the molecule is COc1ccc(OC)c(/C=N\NC(N)=S)c1. The van der Waals surface area contributed by atoms with Gasteiger partial charge in [0.2, 0.25) is 0 Å². The maximum atomic E-state index is 5.23. The summed E-state index contributed by atoms with van der Waals surface area (Å²) < 4.78 is 10.3. The normalized spacial score (nSPS) is 10.1. The van der Waals surface area contributed by atoms with Crippen LogP contribution in [0.2, 0.25) is 0 Å². The van der Waals surface area contributed by atoms with Crippen LogP contribution in [-0.2, 0) is 0 Å². The zero-order valence-corrected chi connectivity index (χ0v) is 9.88. The van der Waals surface area contributed by atoms with E-state index in [0.29, 0.717) is 5.75 Å². The number of nitrogens with zero attached hydrogens (tertiary/aromatic N) is 1. The fraction of sp³-hybridized carbons (Fsp3) is 0.200. The maximum absolute atomic E-state index is 5.23. The molecule has 3 N–H and O–H groups in total. The summed E-state index contributed by atoms with van der Waals surface area (Å²) >= 11 is 4.62. The minimum Gasteiger partial charge on any atom is -0.497 e. The molecule has 0 spiro atoms. The van der Waals surface area contributed by atoms with E-state index in [9.17, 15) is 0 Å². The number of ether oxygens (including phenoxy) is 2. The predicted octanol–water partition coefficient (Wildman–Crippen LogP) is 0.871. The number of thiocarbonyl (C=S) groups is 1. The van der Waals surface area contributed by atoms with E-state index in [4.69, 9.17) is 15.2 Å². The monoisotopic (exact) mass is 239 g/mol. The Morgan fingerprint density at radius 2 is 2.19 bits per heavy atom. The van der Waals surface area contributed by atoms with Gasteiger partial charge in [0, 0.05) is 5.56 Å². The highest BCUT2D eigenvalue weighted by Gasteiger charge is 2.02. The zero-order valence-electron chi connectivity index (χ0n) is 9.06. The van der Waals surface area contributed by atoms with E-state index in [0.717, 1.165) is 11.3 Å². The van der Waals surface area contributed by atoms with Crippen molar-refractivity contribution < 1.29 is 9.47 Å². The van der Waals surface area contributed by atoms with Crippen LogP contribution in [0.1, 0.15) is 5.56 Å². The predicted molar refractivity (Wildman–Crippen MR) is 67.1 cm³/mol. The van der Waals surface area contributed by atoms with E-state index in [1.54, 1.807) is 38.6 Å². The van der Waals surface area contributed by atoms with E-state index in [1.807, 2.05) is 0 Å². The van der Waals surface area contributed by atoms with Crippen LogP contribution < -0.4 is 20.6 Å². The molecule has 1 aromatic rings. The Balaban J connectivity index is 2.90. The quantitative estimate of drug-likeness (QED) is 0.463. The van der Waals surface area contributed by atoms with Crippen LogP contribution in [0.15, 0.2) is 23.3 Å². The van der Waals surface area contributed by atoms with Crippen molar-refractivity contribution in [2.75, 3.05) is 14.2 Å². The molecule has 6 heteroatoms. The smallest absolute Gasteiger partial charge is 0.184 e. The lowest BCUT2D eigenvalue weighted by Gasteiger charge is -2.06. The summed E-state index contributed by atoms with van der Waals surface area (Å²) in [6.45, 7) is 0. The Morgan fingerprint density at radius 1 is 1.44 bits per heavy atom. The van der Waals surface area contributed by atoms with Gasteiger partial charge in [0.05, 0.1) is 20.4 Å². The Bertz CT molecular complexity index is 407. The first kappa shape index (κ1) is 12.3. The number of hydrogen-bond acceptors (Lipinski definition) is 4. The first-order chi connectivity index (χ1) is 7.67. The summed E-state index contributed by atoms with van der Waals surface area (Å²) in [5.74, 6) is 1.41. The summed E-state index contributed by atoms with van der Waals surface area (Å²) in [5.41, 5.74) is 8.47. The van der Waals surface area contributed by atoms with Crippen LogP contribution in [0, 0.1) is 0 Å². The molecule has 0 fully saturated rings.